The average Bonchev–Trinajstić information content (AvgIpc) is 2.87. The summed E-state index contributed by atoms with van der Waals surface area (Å²) in [5.41, 5.74) is 8.07. The highest BCUT2D eigenvalue weighted by Gasteiger charge is 2.03. The normalized spacial score (nSPS) is 10.0. The van der Waals surface area contributed by atoms with Crippen LogP contribution < -0.4 is 10.5 Å². The number of aryl methyl sites for hydroxylation is 1. The van der Waals surface area contributed by atoms with Gasteiger partial charge in [0.25, 0.3) is 0 Å². The third-order valence-electron chi connectivity index (χ3n) is 2.99. The molecule has 6 nitrogen and oxygen atoms in total. The van der Waals surface area contributed by atoms with E-state index in [1.54, 1.807) is 23.6 Å². The zero-order valence-corrected chi connectivity index (χ0v) is 13.5. The monoisotopic (exact) mass is 312 g/mol. The zero-order chi connectivity index (χ0) is 16.8. The Morgan fingerprint density at radius 3 is 2.70 bits per heavy atom. The van der Waals surface area contributed by atoms with Crippen molar-refractivity contribution in [2.24, 2.45) is 0 Å². The molecular formula is C17H20N4O2. The molecule has 23 heavy (non-hydrogen) atoms. The van der Waals surface area contributed by atoms with Gasteiger partial charge in [-0.3, -0.25) is 0 Å². The number of nitrogens with two attached hydrogens (primary N) is 1. The van der Waals surface area contributed by atoms with E-state index in [1.165, 1.54) is 0 Å². The van der Waals surface area contributed by atoms with Gasteiger partial charge >= 0.3 is 0 Å². The van der Waals surface area contributed by atoms with Gasteiger partial charge in [-0.2, -0.15) is 0 Å². The molecule has 0 saturated heterocycles. The van der Waals surface area contributed by atoms with Gasteiger partial charge in [0.1, 0.15) is 11.5 Å². The van der Waals surface area contributed by atoms with Crippen LogP contribution in [0.4, 0.5) is 5.69 Å². The summed E-state index contributed by atoms with van der Waals surface area (Å²) in [4.78, 5) is 14.1. The zero-order valence-electron chi connectivity index (χ0n) is 13.5. The Morgan fingerprint density at radius 2 is 2.04 bits per heavy atom. The van der Waals surface area contributed by atoms with E-state index in [1.807, 2.05) is 44.3 Å². The lowest BCUT2D eigenvalue weighted by molar-refractivity contribution is -0.116. The fourth-order valence-electron chi connectivity index (χ4n) is 1.74. The maximum Gasteiger partial charge on any atom is 0.237 e. The summed E-state index contributed by atoms with van der Waals surface area (Å²) >= 11 is 0. The smallest absolute Gasteiger partial charge is 0.237 e. The molecule has 0 radical (unpaired) electrons. The second-order valence-corrected chi connectivity index (χ2v) is 5.09. The Kier molecular flexibility index (Phi) is 5.30. The number of nitrogens with zero attached hydrogens (tertiary/aromatic N) is 3. The Hall–Kier alpha value is -2.89. The molecule has 3 aromatic rings. The lowest BCUT2D eigenvalue weighted by Crippen LogP contribution is -1.95. The summed E-state index contributed by atoms with van der Waals surface area (Å²) in [6.45, 7) is 5.36. The first kappa shape index (κ1) is 16.5. The average molecular weight is 312 g/mol. The SMILES string of the molecule is CCC(C)=O.Cc1cn2nc(Oc3cccc(N)c3)ccc2n1. The molecule has 0 atom stereocenters. The summed E-state index contributed by atoms with van der Waals surface area (Å²) in [6.07, 6.45) is 2.52. The number of imidazole rings is 1. The van der Waals surface area contributed by atoms with Crippen molar-refractivity contribution in [3.63, 3.8) is 0 Å². The van der Waals surface area contributed by atoms with Gasteiger partial charge in [0.15, 0.2) is 5.65 Å². The largest absolute Gasteiger partial charge is 0.438 e. The van der Waals surface area contributed by atoms with E-state index in [2.05, 4.69) is 10.1 Å². The molecule has 6 heteroatoms. The maximum atomic E-state index is 9.81. The van der Waals surface area contributed by atoms with Crippen LogP contribution in [-0.4, -0.2) is 20.4 Å². The molecule has 2 heterocycles. The van der Waals surface area contributed by atoms with Crippen LogP contribution in [0.1, 0.15) is 26.0 Å². The second-order valence-electron chi connectivity index (χ2n) is 5.09. The van der Waals surface area contributed by atoms with Crippen molar-refractivity contribution in [3.05, 3.63) is 48.3 Å². The molecule has 1 aromatic carbocycles. The number of ketones is 1. The number of anilines is 1. The quantitative estimate of drug-likeness (QED) is 0.749. The minimum atomic E-state index is 0.255. The van der Waals surface area contributed by atoms with Crippen LogP contribution in [0, 0.1) is 6.92 Å². The molecule has 0 aliphatic heterocycles. The van der Waals surface area contributed by atoms with Crippen LogP contribution >= 0.6 is 0 Å². The van der Waals surface area contributed by atoms with Crippen molar-refractivity contribution in [1.82, 2.24) is 14.6 Å². The Bertz CT molecular complexity index is 811. The molecule has 0 fully saturated rings. The van der Waals surface area contributed by atoms with Crippen molar-refractivity contribution in [2.45, 2.75) is 27.2 Å². The van der Waals surface area contributed by atoms with Gasteiger partial charge in [0, 0.05) is 24.2 Å². The summed E-state index contributed by atoms with van der Waals surface area (Å²) in [5.74, 6) is 1.43. The van der Waals surface area contributed by atoms with Gasteiger partial charge in [-0.15, -0.1) is 5.10 Å². The molecule has 0 spiro atoms. The number of aromatic nitrogens is 3. The minimum absolute atomic E-state index is 0.255. The molecule has 120 valence electrons. The summed E-state index contributed by atoms with van der Waals surface area (Å²) in [6, 6.07) is 10.9. The van der Waals surface area contributed by atoms with E-state index in [4.69, 9.17) is 10.5 Å². The third-order valence-corrected chi connectivity index (χ3v) is 2.99. The first-order valence-corrected chi connectivity index (χ1v) is 7.34. The van der Waals surface area contributed by atoms with Crippen LogP contribution in [-0.2, 0) is 4.79 Å². The predicted octanol–water partition coefficient (Wildman–Crippen LogP) is 3.40. The van der Waals surface area contributed by atoms with Crippen molar-refractivity contribution in [2.75, 3.05) is 5.73 Å². The van der Waals surface area contributed by atoms with E-state index in [9.17, 15) is 4.79 Å². The Balaban J connectivity index is 0.000000338. The minimum Gasteiger partial charge on any atom is -0.438 e. The number of hydrogen-bond acceptors (Lipinski definition) is 5. The van der Waals surface area contributed by atoms with Crippen LogP contribution in [0.5, 0.6) is 11.6 Å². The lowest BCUT2D eigenvalue weighted by atomic mass is 10.3. The van der Waals surface area contributed by atoms with E-state index >= 15 is 0 Å². The van der Waals surface area contributed by atoms with Gasteiger partial charge in [-0.05, 0) is 32.0 Å². The summed E-state index contributed by atoms with van der Waals surface area (Å²) in [7, 11) is 0. The van der Waals surface area contributed by atoms with E-state index < -0.39 is 0 Å². The number of carbonyl (C=O) groups excluding carboxylic acids is 1. The van der Waals surface area contributed by atoms with E-state index in [0.717, 1.165) is 11.3 Å². The number of rotatable bonds is 3. The van der Waals surface area contributed by atoms with Crippen LogP contribution in [0.15, 0.2) is 42.6 Å². The van der Waals surface area contributed by atoms with Crippen molar-refractivity contribution in [3.8, 4) is 11.6 Å². The summed E-state index contributed by atoms with van der Waals surface area (Å²) < 4.78 is 7.33. The Morgan fingerprint density at radius 1 is 1.30 bits per heavy atom. The van der Waals surface area contributed by atoms with Crippen LogP contribution in [0.25, 0.3) is 5.65 Å². The standard InChI is InChI=1S/C13H12N4O.C4H8O/c1-9-8-17-12(15-9)5-6-13(16-17)18-11-4-2-3-10(14)7-11;1-3-4(2)5/h2-8H,14H2,1H3;3H2,1-2H3. The molecule has 0 saturated carbocycles. The number of carbonyl (C=O) groups is 1. The van der Waals surface area contributed by atoms with Crippen LogP contribution in [0.3, 0.4) is 0 Å². The number of benzene rings is 1. The fourth-order valence-corrected chi connectivity index (χ4v) is 1.74. The molecule has 0 aliphatic rings. The molecule has 2 aromatic heterocycles. The lowest BCUT2D eigenvalue weighted by Gasteiger charge is -2.05. The first-order chi connectivity index (χ1) is 11.0. The van der Waals surface area contributed by atoms with E-state index in [0.29, 0.717) is 23.7 Å². The number of fused-ring (bicyclic) bond motifs is 1. The van der Waals surface area contributed by atoms with Gasteiger partial charge in [0.2, 0.25) is 5.88 Å². The fraction of sp³-hybridized carbons (Fsp3) is 0.235. The van der Waals surface area contributed by atoms with Gasteiger partial charge in [-0.25, -0.2) is 9.50 Å². The third kappa shape index (κ3) is 4.81. The molecule has 0 amide bonds. The Labute approximate surface area is 134 Å². The highest BCUT2D eigenvalue weighted by atomic mass is 16.5. The molecular weight excluding hydrogens is 292 g/mol. The molecule has 0 unspecified atom stereocenters. The molecule has 3 rings (SSSR count). The first-order valence-electron chi connectivity index (χ1n) is 7.34. The highest BCUT2D eigenvalue weighted by Crippen LogP contribution is 2.21. The van der Waals surface area contributed by atoms with Crippen molar-refractivity contribution < 1.29 is 9.53 Å². The topological polar surface area (TPSA) is 82.5 Å². The maximum absolute atomic E-state index is 9.81. The van der Waals surface area contributed by atoms with Crippen molar-refractivity contribution >= 4 is 17.1 Å². The summed E-state index contributed by atoms with van der Waals surface area (Å²) in [5, 5.41) is 4.31. The molecule has 0 bridgehead atoms. The highest BCUT2D eigenvalue weighted by molar-refractivity contribution is 5.74. The number of nitrogen functional groups attached to an aromatic ring is 1. The van der Waals surface area contributed by atoms with Crippen LogP contribution in [0.2, 0.25) is 0 Å². The molecule has 2 N–H and O–H groups in total. The van der Waals surface area contributed by atoms with Gasteiger partial charge in [-0.1, -0.05) is 13.0 Å². The van der Waals surface area contributed by atoms with E-state index in [-0.39, 0.29) is 5.78 Å². The number of ether oxygens (including phenoxy) is 1. The van der Waals surface area contributed by atoms with Crippen molar-refractivity contribution in [1.29, 1.82) is 0 Å². The number of Topliss-reactive ketones (excluding diaryl/α,β-unsaturated/α-hetero) is 1. The molecule has 0 aliphatic carbocycles. The second kappa shape index (κ2) is 7.40. The van der Waals surface area contributed by atoms with Gasteiger partial charge < -0.3 is 15.3 Å². The van der Waals surface area contributed by atoms with Gasteiger partial charge in [0.05, 0.1) is 11.9 Å². The predicted molar refractivity (Wildman–Crippen MR) is 89.6 cm³/mol. The number of hydrogen-bond donors (Lipinski definition) is 1.